The van der Waals surface area contributed by atoms with Crippen LogP contribution in [-0.2, 0) is 4.74 Å². The first-order chi connectivity index (χ1) is 11.6. The van der Waals surface area contributed by atoms with Gasteiger partial charge in [-0.3, -0.25) is 15.4 Å². The quantitative estimate of drug-likeness (QED) is 0.642. The summed E-state index contributed by atoms with van der Waals surface area (Å²) in [6.45, 7) is 0.0933. The number of amides is 1. The number of nitrogens with zero attached hydrogens (tertiary/aromatic N) is 1. The molecule has 0 saturated heterocycles. The Labute approximate surface area is 138 Å². The van der Waals surface area contributed by atoms with Crippen molar-refractivity contribution in [3.05, 3.63) is 70.3 Å². The Balaban J connectivity index is 1.90. The fourth-order valence-electron chi connectivity index (χ4n) is 1.91. The maximum absolute atomic E-state index is 11.8. The minimum Gasteiger partial charge on any atom is -0.494 e. The van der Waals surface area contributed by atoms with Gasteiger partial charge in [0.05, 0.1) is 23.8 Å². The maximum atomic E-state index is 11.8. The van der Waals surface area contributed by atoms with Crippen LogP contribution < -0.4 is 10.1 Å². The largest absolute Gasteiger partial charge is 0.494 e. The van der Waals surface area contributed by atoms with E-state index in [9.17, 15) is 14.9 Å². The van der Waals surface area contributed by atoms with Crippen LogP contribution in [0.15, 0.2) is 54.6 Å². The molecule has 0 spiro atoms. The van der Waals surface area contributed by atoms with Crippen LogP contribution in [-0.4, -0.2) is 24.7 Å². The molecule has 0 aliphatic rings. The SMILES string of the molecule is COc1cc([N+](=O)[O-])ccc1NC(=O)OC/C=C/c1ccccc1. The molecule has 1 amide bonds. The van der Waals surface area contributed by atoms with E-state index in [1.165, 1.54) is 25.3 Å². The lowest BCUT2D eigenvalue weighted by atomic mass is 10.2. The van der Waals surface area contributed by atoms with Gasteiger partial charge in [-0.2, -0.15) is 0 Å². The highest BCUT2D eigenvalue weighted by molar-refractivity contribution is 5.87. The number of hydrogen-bond acceptors (Lipinski definition) is 5. The van der Waals surface area contributed by atoms with E-state index in [4.69, 9.17) is 9.47 Å². The van der Waals surface area contributed by atoms with Gasteiger partial charge in [0.15, 0.2) is 0 Å². The molecule has 0 aliphatic carbocycles. The fourth-order valence-corrected chi connectivity index (χ4v) is 1.91. The Kier molecular flexibility index (Phi) is 5.90. The van der Waals surface area contributed by atoms with Crippen LogP contribution >= 0.6 is 0 Å². The van der Waals surface area contributed by atoms with Crippen molar-refractivity contribution >= 4 is 23.5 Å². The summed E-state index contributed by atoms with van der Waals surface area (Å²) in [5.74, 6) is 0.181. The number of nitrogens with one attached hydrogen (secondary N) is 1. The van der Waals surface area contributed by atoms with Crippen molar-refractivity contribution in [3.8, 4) is 5.75 Å². The van der Waals surface area contributed by atoms with E-state index < -0.39 is 11.0 Å². The van der Waals surface area contributed by atoms with E-state index in [-0.39, 0.29) is 18.0 Å². The molecule has 1 N–H and O–H groups in total. The summed E-state index contributed by atoms with van der Waals surface area (Å²) in [4.78, 5) is 21.9. The van der Waals surface area contributed by atoms with Crippen molar-refractivity contribution in [2.75, 3.05) is 19.0 Å². The molecule has 0 saturated carbocycles. The van der Waals surface area contributed by atoms with Crippen LogP contribution in [0.3, 0.4) is 0 Å². The number of benzene rings is 2. The van der Waals surface area contributed by atoms with Gasteiger partial charge in [0.1, 0.15) is 12.4 Å². The summed E-state index contributed by atoms with van der Waals surface area (Å²) in [5, 5.41) is 13.2. The molecule has 0 atom stereocenters. The highest BCUT2D eigenvalue weighted by atomic mass is 16.6. The standard InChI is InChI=1S/C17H16N2O5/c1-23-16-12-14(19(21)22)9-10-15(16)18-17(20)24-11-5-8-13-6-3-2-4-7-13/h2-10,12H,11H2,1H3,(H,18,20)/b8-5+. The molecule has 124 valence electrons. The van der Waals surface area contributed by atoms with Gasteiger partial charge in [0.2, 0.25) is 0 Å². The van der Waals surface area contributed by atoms with Gasteiger partial charge in [-0.05, 0) is 17.7 Å². The predicted molar refractivity (Wildman–Crippen MR) is 90.1 cm³/mol. The summed E-state index contributed by atoms with van der Waals surface area (Å²) in [6.07, 6.45) is 2.86. The van der Waals surface area contributed by atoms with Gasteiger partial charge < -0.3 is 9.47 Å². The average molecular weight is 328 g/mol. The van der Waals surface area contributed by atoms with Crippen LogP contribution in [0.1, 0.15) is 5.56 Å². The third kappa shape index (κ3) is 4.84. The number of non-ortho nitro benzene ring substituents is 1. The molecule has 0 aromatic heterocycles. The van der Waals surface area contributed by atoms with Crippen LogP contribution in [0, 0.1) is 10.1 Å². The Morgan fingerprint density at radius 1 is 1.25 bits per heavy atom. The maximum Gasteiger partial charge on any atom is 0.412 e. The van der Waals surface area contributed by atoms with Crippen LogP contribution in [0.5, 0.6) is 5.75 Å². The van der Waals surface area contributed by atoms with Crippen LogP contribution in [0.4, 0.5) is 16.2 Å². The van der Waals surface area contributed by atoms with Crippen molar-refractivity contribution in [2.45, 2.75) is 0 Å². The number of hydrogen-bond donors (Lipinski definition) is 1. The molecule has 0 bridgehead atoms. The zero-order valence-electron chi connectivity index (χ0n) is 13.0. The molecule has 7 heteroatoms. The monoisotopic (exact) mass is 328 g/mol. The summed E-state index contributed by atoms with van der Waals surface area (Å²) in [7, 11) is 1.36. The molecular formula is C17H16N2O5. The molecule has 2 aromatic rings. The number of rotatable bonds is 6. The number of ether oxygens (including phenoxy) is 2. The van der Waals surface area contributed by atoms with Crippen molar-refractivity contribution < 1.29 is 19.2 Å². The Morgan fingerprint density at radius 2 is 2.00 bits per heavy atom. The first kappa shape index (κ1) is 17.0. The zero-order chi connectivity index (χ0) is 17.4. The van der Waals surface area contributed by atoms with E-state index >= 15 is 0 Å². The molecule has 0 aliphatic heterocycles. The zero-order valence-corrected chi connectivity index (χ0v) is 13.0. The second-order valence-electron chi connectivity index (χ2n) is 4.68. The molecule has 0 fully saturated rings. The first-order valence-corrected chi connectivity index (χ1v) is 7.08. The third-order valence-corrected chi connectivity index (χ3v) is 3.05. The molecular weight excluding hydrogens is 312 g/mol. The number of methoxy groups -OCH3 is 1. The molecule has 0 heterocycles. The van der Waals surface area contributed by atoms with E-state index in [1.54, 1.807) is 6.08 Å². The second-order valence-corrected chi connectivity index (χ2v) is 4.68. The number of carbonyl (C=O) groups excluding carboxylic acids is 1. The molecule has 2 rings (SSSR count). The van der Waals surface area contributed by atoms with E-state index in [0.29, 0.717) is 5.69 Å². The smallest absolute Gasteiger partial charge is 0.412 e. The van der Waals surface area contributed by atoms with Gasteiger partial charge in [0, 0.05) is 6.07 Å². The summed E-state index contributed by atoms with van der Waals surface area (Å²) >= 11 is 0. The van der Waals surface area contributed by atoms with E-state index in [1.807, 2.05) is 36.4 Å². The molecule has 2 aromatic carbocycles. The van der Waals surface area contributed by atoms with Crippen molar-refractivity contribution in [2.24, 2.45) is 0 Å². The van der Waals surface area contributed by atoms with E-state index in [0.717, 1.165) is 5.56 Å². The van der Waals surface area contributed by atoms with Gasteiger partial charge in [-0.25, -0.2) is 4.79 Å². The highest BCUT2D eigenvalue weighted by Gasteiger charge is 2.13. The third-order valence-electron chi connectivity index (χ3n) is 3.05. The lowest BCUT2D eigenvalue weighted by molar-refractivity contribution is -0.384. The summed E-state index contributed by atoms with van der Waals surface area (Å²) in [5.41, 5.74) is 1.16. The minimum absolute atomic E-state index is 0.0933. The number of carbonyl (C=O) groups is 1. The summed E-state index contributed by atoms with van der Waals surface area (Å²) in [6, 6.07) is 13.5. The molecule has 24 heavy (non-hydrogen) atoms. The molecule has 7 nitrogen and oxygen atoms in total. The lowest BCUT2D eigenvalue weighted by Crippen LogP contribution is -2.14. The van der Waals surface area contributed by atoms with Gasteiger partial charge in [-0.15, -0.1) is 0 Å². The van der Waals surface area contributed by atoms with Crippen molar-refractivity contribution in [1.82, 2.24) is 0 Å². The average Bonchev–Trinajstić information content (AvgIpc) is 2.59. The Morgan fingerprint density at radius 3 is 2.67 bits per heavy atom. The predicted octanol–water partition coefficient (Wildman–Crippen LogP) is 3.87. The number of nitro benzene ring substituents is 1. The number of anilines is 1. The Hall–Kier alpha value is -3.35. The van der Waals surface area contributed by atoms with Crippen molar-refractivity contribution in [3.63, 3.8) is 0 Å². The van der Waals surface area contributed by atoms with Crippen LogP contribution in [0.25, 0.3) is 6.08 Å². The lowest BCUT2D eigenvalue weighted by Gasteiger charge is -2.09. The molecule has 0 radical (unpaired) electrons. The van der Waals surface area contributed by atoms with Crippen molar-refractivity contribution in [1.29, 1.82) is 0 Å². The van der Waals surface area contributed by atoms with Gasteiger partial charge >= 0.3 is 6.09 Å². The second kappa shape index (κ2) is 8.33. The Bertz CT molecular complexity index is 744. The van der Waals surface area contributed by atoms with E-state index in [2.05, 4.69) is 5.32 Å². The highest BCUT2D eigenvalue weighted by Crippen LogP contribution is 2.29. The fraction of sp³-hybridized carbons (Fsp3) is 0.118. The minimum atomic E-state index is -0.681. The number of nitro groups is 1. The molecule has 0 unspecified atom stereocenters. The van der Waals surface area contributed by atoms with Gasteiger partial charge in [0.25, 0.3) is 5.69 Å². The normalized spacial score (nSPS) is 10.4. The van der Waals surface area contributed by atoms with Gasteiger partial charge in [-0.1, -0.05) is 36.4 Å². The first-order valence-electron chi connectivity index (χ1n) is 7.08. The van der Waals surface area contributed by atoms with Crippen LogP contribution in [0.2, 0.25) is 0 Å². The topological polar surface area (TPSA) is 90.7 Å². The summed E-state index contributed by atoms with van der Waals surface area (Å²) < 4.78 is 10.1.